The molecule has 0 fully saturated rings. The van der Waals surface area contributed by atoms with Crippen LogP contribution in [0, 0.1) is 5.82 Å². The van der Waals surface area contributed by atoms with Crippen LogP contribution in [0.2, 0.25) is 5.02 Å². The summed E-state index contributed by atoms with van der Waals surface area (Å²) in [6.45, 7) is 0. The van der Waals surface area contributed by atoms with Gasteiger partial charge in [0.15, 0.2) is 11.4 Å². The number of ether oxygens (including phenoxy) is 1. The van der Waals surface area contributed by atoms with Gasteiger partial charge in [-0.05, 0) is 54.6 Å². The SMILES string of the molecule is NC(=O)c1ncccc1Oc1ccc(NC(=O)Nc2cc(Cl)ccc2F)cc1. The van der Waals surface area contributed by atoms with Crippen LogP contribution in [0.4, 0.5) is 20.6 Å². The molecule has 3 rings (SSSR count). The molecule has 0 atom stereocenters. The molecule has 0 saturated carbocycles. The summed E-state index contributed by atoms with van der Waals surface area (Å²) in [7, 11) is 0. The number of nitrogens with zero attached hydrogens (tertiary/aromatic N) is 1. The summed E-state index contributed by atoms with van der Waals surface area (Å²) in [4.78, 5) is 27.3. The van der Waals surface area contributed by atoms with Gasteiger partial charge in [-0.3, -0.25) is 4.79 Å². The predicted molar refractivity (Wildman–Crippen MR) is 103 cm³/mol. The molecule has 0 spiro atoms. The quantitative estimate of drug-likeness (QED) is 0.589. The Morgan fingerprint density at radius 1 is 1.07 bits per heavy atom. The van der Waals surface area contributed by atoms with Gasteiger partial charge in [0.25, 0.3) is 5.91 Å². The van der Waals surface area contributed by atoms with Crippen molar-refractivity contribution in [1.29, 1.82) is 0 Å². The van der Waals surface area contributed by atoms with Crippen LogP contribution in [0.5, 0.6) is 11.5 Å². The molecular formula is C19H14ClFN4O3. The Hall–Kier alpha value is -3.65. The molecule has 0 unspecified atom stereocenters. The normalized spacial score (nSPS) is 10.2. The molecule has 0 saturated heterocycles. The zero-order valence-corrected chi connectivity index (χ0v) is 15.0. The molecular weight excluding hydrogens is 387 g/mol. The van der Waals surface area contributed by atoms with Crippen LogP contribution in [-0.4, -0.2) is 16.9 Å². The topological polar surface area (TPSA) is 106 Å². The second-order valence-electron chi connectivity index (χ2n) is 5.54. The Kier molecular flexibility index (Phi) is 5.71. The van der Waals surface area contributed by atoms with E-state index in [1.165, 1.54) is 18.3 Å². The van der Waals surface area contributed by atoms with Crippen molar-refractivity contribution in [2.45, 2.75) is 0 Å². The average Bonchev–Trinajstić information content (AvgIpc) is 2.66. The number of carbonyl (C=O) groups excluding carboxylic acids is 2. The second-order valence-corrected chi connectivity index (χ2v) is 5.98. The van der Waals surface area contributed by atoms with Gasteiger partial charge >= 0.3 is 6.03 Å². The lowest BCUT2D eigenvalue weighted by atomic mass is 10.3. The van der Waals surface area contributed by atoms with Gasteiger partial charge in [-0.15, -0.1) is 0 Å². The highest BCUT2D eigenvalue weighted by molar-refractivity contribution is 6.30. The Morgan fingerprint density at radius 3 is 2.54 bits per heavy atom. The maximum atomic E-state index is 13.7. The lowest BCUT2D eigenvalue weighted by Gasteiger charge is -2.11. The van der Waals surface area contributed by atoms with E-state index < -0.39 is 17.8 Å². The highest BCUT2D eigenvalue weighted by atomic mass is 35.5. The number of amides is 3. The molecule has 1 aromatic heterocycles. The van der Waals surface area contributed by atoms with Crippen LogP contribution < -0.4 is 21.1 Å². The van der Waals surface area contributed by atoms with Crippen molar-refractivity contribution in [3.8, 4) is 11.5 Å². The minimum Gasteiger partial charge on any atom is -0.455 e. The molecule has 142 valence electrons. The summed E-state index contributed by atoms with van der Waals surface area (Å²) in [5, 5.41) is 5.22. The van der Waals surface area contributed by atoms with Crippen molar-refractivity contribution in [3.63, 3.8) is 0 Å². The first kappa shape index (κ1) is 19.1. The summed E-state index contributed by atoms with van der Waals surface area (Å²) < 4.78 is 19.3. The van der Waals surface area contributed by atoms with Crippen molar-refractivity contribution in [2.24, 2.45) is 5.73 Å². The third-order valence-corrected chi connectivity index (χ3v) is 3.76. The van der Waals surface area contributed by atoms with Gasteiger partial charge in [0.05, 0.1) is 5.69 Å². The first-order chi connectivity index (χ1) is 13.4. The largest absolute Gasteiger partial charge is 0.455 e. The van der Waals surface area contributed by atoms with Crippen molar-refractivity contribution >= 4 is 34.9 Å². The third kappa shape index (κ3) is 4.74. The van der Waals surface area contributed by atoms with E-state index in [-0.39, 0.29) is 17.1 Å². The number of halogens is 2. The van der Waals surface area contributed by atoms with Crippen molar-refractivity contribution in [2.75, 3.05) is 10.6 Å². The molecule has 4 N–H and O–H groups in total. The fourth-order valence-electron chi connectivity index (χ4n) is 2.27. The predicted octanol–water partition coefficient (Wildman–Crippen LogP) is 4.41. The first-order valence-electron chi connectivity index (χ1n) is 7.98. The molecule has 1 heterocycles. The van der Waals surface area contributed by atoms with E-state index in [1.807, 2.05) is 0 Å². The van der Waals surface area contributed by atoms with Gasteiger partial charge in [0.2, 0.25) is 0 Å². The molecule has 0 aliphatic carbocycles. The summed E-state index contributed by atoms with van der Waals surface area (Å²) in [6, 6.07) is 12.7. The minimum absolute atomic E-state index is 0.00706. The van der Waals surface area contributed by atoms with Crippen molar-refractivity contribution in [3.05, 3.63) is 77.3 Å². The summed E-state index contributed by atoms with van der Waals surface area (Å²) in [5.74, 6) is -0.698. The monoisotopic (exact) mass is 400 g/mol. The zero-order valence-electron chi connectivity index (χ0n) is 14.3. The summed E-state index contributed by atoms with van der Waals surface area (Å²) >= 11 is 5.79. The number of nitrogens with two attached hydrogens (primary N) is 1. The number of nitrogens with one attached hydrogen (secondary N) is 2. The molecule has 0 aliphatic heterocycles. The summed E-state index contributed by atoms with van der Waals surface area (Å²) in [6.07, 6.45) is 1.43. The van der Waals surface area contributed by atoms with E-state index in [0.717, 1.165) is 6.07 Å². The van der Waals surface area contributed by atoms with E-state index in [9.17, 15) is 14.0 Å². The number of anilines is 2. The number of rotatable bonds is 5. The second kappa shape index (κ2) is 8.36. The standard InChI is InChI=1S/C19H14ClFN4O3/c20-11-3-8-14(21)15(10-11)25-19(27)24-12-4-6-13(7-5-12)28-16-2-1-9-23-17(16)18(22)26/h1-10H,(H2,22,26)(H2,24,25,27). The first-order valence-corrected chi connectivity index (χ1v) is 8.36. The van der Waals surface area contributed by atoms with Gasteiger partial charge in [-0.1, -0.05) is 11.6 Å². The fourth-order valence-corrected chi connectivity index (χ4v) is 2.44. The molecule has 0 aliphatic rings. The van der Waals surface area contributed by atoms with Gasteiger partial charge in [-0.2, -0.15) is 0 Å². The fraction of sp³-hybridized carbons (Fsp3) is 0. The molecule has 2 aromatic carbocycles. The highest BCUT2D eigenvalue weighted by Crippen LogP contribution is 2.25. The van der Waals surface area contributed by atoms with Gasteiger partial charge < -0.3 is 21.1 Å². The smallest absolute Gasteiger partial charge is 0.323 e. The van der Waals surface area contributed by atoms with Crippen molar-refractivity contribution in [1.82, 2.24) is 4.98 Å². The zero-order chi connectivity index (χ0) is 20.1. The third-order valence-electron chi connectivity index (χ3n) is 3.52. The van der Waals surface area contributed by atoms with Crippen LogP contribution in [0.25, 0.3) is 0 Å². The number of primary amides is 1. The Balaban J connectivity index is 1.65. The van der Waals surface area contributed by atoms with Crippen LogP contribution >= 0.6 is 11.6 Å². The maximum Gasteiger partial charge on any atom is 0.323 e. The van der Waals surface area contributed by atoms with Crippen LogP contribution in [0.15, 0.2) is 60.8 Å². The molecule has 7 nitrogen and oxygen atoms in total. The minimum atomic E-state index is -0.709. The number of carbonyl (C=O) groups is 2. The van der Waals surface area contributed by atoms with E-state index in [2.05, 4.69) is 15.6 Å². The maximum absolute atomic E-state index is 13.7. The number of urea groups is 1. The lowest BCUT2D eigenvalue weighted by molar-refractivity contribution is 0.0993. The Bertz CT molecular complexity index is 1030. The van der Waals surface area contributed by atoms with Crippen LogP contribution in [0.3, 0.4) is 0 Å². The molecule has 0 radical (unpaired) electrons. The lowest BCUT2D eigenvalue weighted by Crippen LogP contribution is -2.20. The van der Waals surface area contributed by atoms with E-state index in [1.54, 1.807) is 36.4 Å². The Morgan fingerprint density at radius 2 is 1.82 bits per heavy atom. The highest BCUT2D eigenvalue weighted by Gasteiger charge is 2.12. The Labute approximate surface area is 164 Å². The molecule has 28 heavy (non-hydrogen) atoms. The van der Waals surface area contributed by atoms with Crippen LogP contribution in [-0.2, 0) is 0 Å². The number of aromatic nitrogens is 1. The van der Waals surface area contributed by atoms with Gasteiger partial charge in [0, 0.05) is 16.9 Å². The molecule has 3 amide bonds. The number of benzene rings is 2. The number of hydrogen-bond acceptors (Lipinski definition) is 4. The van der Waals surface area contributed by atoms with E-state index >= 15 is 0 Å². The molecule has 3 aromatic rings. The van der Waals surface area contributed by atoms with Gasteiger partial charge in [-0.25, -0.2) is 14.2 Å². The summed E-state index contributed by atoms with van der Waals surface area (Å²) in [5.41, 5.74) is 5.66. The van der Waals surface area contributed by atoms with Gasteiger partial charge in [0.1, 0.15) is 11.6 Å². The molecule has 0 bridgehead atoms. The number of hydrogen-bond donors (Lipinski definition) is 3. The van der Waals surface area contributed by atoms with Crippen LogP contribution in [0.1, 0.15) is 10.5 Å². The average molecular weight is 401 g/mol. The number of pyridine rings is 1. The molecule has 9 heteroatoms. The van der Waals surface area contributed by atoms with Crippen molar-refractivity contribution < 1.29 is 18.7 Å². The van der Waals surface area contributed by atoms with E-state index in [4.69, 9.17) is 22.1 Å². The van der Waals surface area contributed by atoms with E-state index in [0.29, 0.717) is 16.5 Å².